The van der Waals surface area contributed by atoms with Crippen molar-refractivity contribution in [2.75, 3.05) is 27.3 Å². The Morgan fingerprint density at radius 3 is 2.71 bits per heavy atom. The van der Waals surface area contributed by atoms with Gasteiger partial charge < -0.3 is 10.1 Å². The summed E-state index contributed by atoms with van der Waals surface area (Å²) in [6.45, 7) is 6.28. The molecule has 2 nitrogen and oxygen atoms in total. The lowest BCUT2D eigenvalue weighted by Crippen LogP contribution is -2.28. The molecule has 1 rings (SSSR count). The second kappa shape index (κ2) is 7.46. The molecule has 2 heteroatoms. The second-order valence-corrected chi connectivity index (χ2v) is 4.94. The van der Waals surface area contributed by atoms with Crippen molar-refractivity contribution in [3.63, 3.8) is 0 Å². The normalized spacial score (nSPS) is 14.6. The van der Waals surface area contributed by atoms with Gasteiger partial charge in [-0.25, -0.2) is 0 Å². The summed E-state index contributed by atoms with van der Waals surface area (Å²) in [6.07, 6.45) is 1.12. The minimum Gasteiger partial charge on any atom is -0.384 e. The highest BCUT2D eigenvalue weighted by molar-refractivity contribution is 5.22. The Hall–Kier alpha value is -0.860. The van der Waals surface area contributed by atoms with Gasteiger partial charge in [-0.1, -0.05) is 36.8 Å². The summed E-state index contributed by atoms with van der Waals surface area (Å²) >= 11 is 0. The Kier molecular flexibility index (Phi) is 6.23. The van der Waals surface area contributed by atoms with Crippen LogP contribution in [0.25, 0.3) is 0 Å². The second-order valence-electron chi connectivity index (χ2n) is 4.94. The largest absolute Gasteiger partial charge is 0.384 e. The maximum absolute atomic E-state index is 5.26. The maximum Gasteiger partial charge on any atom is 0.0491 e. The van der Waals surface area contributed by atoms with Crippen molar-refractivity contribution in [3.8, 4) is 0 Å². The molecule has 1 aromatic rings. The van der Waals surface area contributed by atoms with Crippen LogP contribution in [0.3, 0.4) is 0 Å². The first-order valence-corrected chi connectivity index (χ1v) is 6.36. The number of methoxy groups -OCH3 is 1. The Bertz CT molecular complexity index is 324. The number of aryl methyl sites for hydroxylation is 1. The minimum atomic E-state index is 0.577. The van der Waals surface area contributed by atoms with E-state index in [9.17, 15) is 0 Å². The van der Waals surface area contributed by atoms with Crippen LogP contribution in [-0.4, -0.2) is 27.3 Å². The number of nitrogens with one attached hydrogen (secondary N) is 1. The molecule has 0 fully saturated rings. The van der Waals surface area contributed by atoms with Crippen molar-refractivity contribution in [3.05, 3.63) is 35.4 Å². The van der Waals surface area contributed by atoms with Gasteiger partial charge in [-0.05, 0) is 44.3 Å². The van der Waals surface area contributed by atoms with Crippen molar-refractivity contribution >= 4 is 0 Å². The van der Waals surface area contributed by atoms with Crippen LogP contribution in [0.2, 0.25) is 0 Å². The lowest BCUT2D eigenvalue weighted by atomic mass is 9.88. The van der Waals surface area contributed by atoms with Crippen LogP contribution < -0.4 is 5.32 Å². The van der Waals surface area contributed by atoms with Gasteiger partial charge in [-0.2, -0.15) is 0 Å². The number of rotatable bonds is 7. The fourth-order valence-electron chi connectivity index (χ4n) is 2.28. The highest BCUT2D eigenvalue weighted by Gasteiger charge is 2.17. The standard InChI is InChI=1S/C15H25NO/c1-12-6-5-7-14(8-12)9-15(10-16-3)13(2)11-17-4/h5-8,13,15-16H,9-11H2,1-4H3. The minimum absolute atomic E-state index is 0.577. The van der Waals surface area contributed by atoms with Gasteiger partial charge in [0.25, 0.3) is 0 Å². The number of hydrogen-bond donors (Lipinski definition) is 1. The highest BCUT2D eigenvalue weighted by atomic mass is 16.5. The van der Waals surface area contributed by atoms with Crippen LogP contribution >= 0.6 is 0 Å². The van der Waals surface area contributed by atoms with Crippen LogP contribution in [0.4, 0.5) is 0 Å². The molecule has 0 spiro atoms. The molecular weight excluding hydrogens is 210 g/mol. The SMILES string of the molecule is CNCC(Cc1cccc(C)c1)C(C)COC. The van der Waals surface area contributed by atoms with E-state index >= 15 is 0 Å². The van der Waals surface area contributed by atoms with Crippen molar-refractivity contribution in [2.24, 2.45) is 11.8 Å². The number of ether oxygens (including phenoxy) is 1. The lowest BCUT2D eigenvalue weighted by Gasteiger charge is -2.23. The average molecular weight is 235 g/mol. The molecule has 0 radical (unpaired) electrons. The predicted octanol–water partition coefficient (Wildman–Crippen LogP) is 2.66. The van der Waals surface area contributed by atoms with Crippen LogP contribution in [0.15, 0.2) is 24.3 Å². The van der Waals surface area contributed by atoms with Gasteiger partial charge in [0, 0.05) is 13.7 Å². The molecule has 2 atom stereocenters. The van der Waals surface area contributed by atoms with Gasteiger partial charge in [0.1, 0.15) is 0 Å². The molecule has 96 valence electrons. The van der Waals surface area contributed by atoms with Crippen LogP contribution in [-0.2, 0) is 11.2 Å². The van der Waals surface area contributed by atoms with Gasteiger partial charge in [0.15, 0.2) is 0 Å². The Morgan fingerprint density at radius 2 is 2.12 bits per heavy atom. The first-order valence-electron chi connectivity index (χ1n) is 6.36. The third kappa shape index (κ3) is 4.88. The maximum atomic E-state index is 5.26. The molecule has 0 bridgehead atoms. The Morgan fingerprint density at radius 1 is 1.35 bits per heavy atom. The van der Waals surface area contributed by atoms with Gasteiger partial charge in [-0.15, -0.1) is 0 Å². The van der Waals surface area contributed by atoms with Gasteiger partial charge in [-0.3, -0.25) is 0 Å². The van der Waals surface area contributed by atoms with E-state index < -0.39 is 0 Å². The Balaban J connectivity index is 2.65. The zero-order valence-electron chi connectivity index (χ0n) is 11.5. The molecular formula is C15H25NO. The molecule has 0 aromatic heterocycles. The first kappa shape index (κ1) is 14.2. The zero-order valence-corrected chi connectivity index (χ0v) is 11.5. The average Bonchev–Trinajstić information content (AvgIpc) is 2.29. The molecule has 0 amide bonds. The molecule has 0 saturated heterocycles. The first-order chi connectivity index (χ1) is 8.17. The summed E-state index contributed by atoms with van der Waals surface area (Å²) in [5.41, 5.74) is 2.76. The third-order valence-corrected chi connectivity index (χ3v) is 3.28. The molecule has 1 N–H and O–H groups in total. The molecule has 2 unspecified atom stereocenters. The smallest absolute Gasteiger partial charge is 0.0491 e. The summed E-state index contributed by atoms with van der Waals surface area (Å²) in [5.74, 6) is 1.20. The quantitative estimate of drug-likeness (QED) is 0.784. The summed E-state index contributed by atoms with van der Waals surface area (Å²) < 4.78 is 5.26. The molecule has 0 aliphatic rings. The highest BCUT2D eigenvalue weighted by Crippen LogP contribution is 2.18. The van der Waals surface area contributed by atoms with Crippen molar-refractivity contribution in [1.82, 2.24) is 5.32 Å². The topological polar surface area (TPSA) is 21.3 Å². The summed E-state index contributed by atoms with van der Waals surface area (Å²) in [7, 11) is 3.79. The molecule has 17 heavy (non-hydrogen) atoms. The molecule has 0 aliphatic carbocycles. The fraction of sp³-hybridized carbons (Fsp3) is 0.600. The fourth-order valence-corrected chi connectivity index (χ4v) is 2.28. The van der Waals surface area contributed by atoms with E-state index in [1.165, 1.54) is 11.1 Å². The van der Waals surface area contributed by atoms with E-state index in [1.54, 1.807) is 7.11 Å². The van der Waals surface area contributed by atoms with Crippen molar-refractivity contribution in [2.45, 2.75) is 20.3 Å². The van der Waals surface area contributed by atoms with Crippen LogP contribution in [0.1, 0.15) is 18.1 Å². The van der Waals surface area contributed by atoms with Crippen LogP contribution in [0, 0.1) is 18.8 Å². The third-order valence-electron chi connectivity index (χ3n) is 3.28. The van der Waals surface area contributed by atoms with E-state index in [-0.39, 0.29) is 0 Å². The molecule has 0 saturated carbocycles. The predicted molar refractivity (Wildman–Crippen MR) is 73.3 cm³/mol. The number of benzene rings is 1. The van der Waals surface area contributed by atoms with E-state index in [2.05, 4.69) is 43.4 Å². The molecule has 0 heterocycles. The van der Waals surface area contributed by atoms with Gasteiger partial charge in [0.05, 0.1) is 0 Å². The summed E-state index contributed by atoms with van der Waals surface area (Å²) in [5, 5.41) is 3.29. The van der Waals surface area contributed by atoms with E-state index in [1.807, 2.05) is 7.05 Å². The lowest BCUT2D eigenvalue weighted by molar-refractivity contribution is 0.129. The van der Waals surface area contributed by atoms with E-state index in [4.69, 9.17) is 4.74 Å². The van der Waals surface area contributed by atoms with E-state index in [0.717, 1.165) is 19.6 Å². The van der Waals surface area contributed by atoms with Gasteiger partial charge >= 0.3 is 0 Å². The van der Waals surface area contributed by atoms with Crippen molar-refractivity contribution in [1.29, 1.82) is 0 Å². The molecule has 0 aliphatic heterocycles. The van der Waals surface area contributed by atoms with Gasteiger partial charge in [0.2, 0.25) is 0 Å². The summed E-state index contributed by atoms with van der Waals surface area (Å²) in [6, 6.07) is 8.79. The van der Waals surface area contributed by atoms with Crippen LogP contribution in [0.5, 0.6) is 0 Å². The summed E-state index contributed by atoms with van der Waals surface area (Å²) in [4.78, 5) is 0. The molecule has 1 aromatic carbocycles. The Labute approximate surface area is 105 Å². The zero-order chi connectivity index (χ0) is 12.7. The van der Waals surface area contributed by atoms with E-state index in [0.29, 0.717) is 11.8 Å². The van der Waals surface area contributed by atoms with Crippen molar-refractivity contribution < 1.29 is 4.74 Å². The monoisotopic (exact) mass is 235 g/mol. The number of hydrogen-bond acceptors (Lipinski definition) is 2.